The maximum atomic E-state index is 15.7. The molecule has 1 N–H and O–H groups in total. The Morgan fingerprint density at radius 2 is 1.80 bits per heavy atom. The Hall–Kier alpha value is -5.21. The quantitative estimate of drug-likeness (QED) is 0.191. The van der Waals surface area contributed by atoms with Gasteiger partial charge in [0.2, 0.25) is 5.88 Å². The van der Waals surface area contributed by atoms with E-state index < -0.39 is 23.4 Å². The second-order valence-corrected chi connectivity index (χ2v) is 11.7. The highest BCUT2D eigenvalue weighted by Crippen LogP contribution is 2.46. The zero-order valence-corrected chi connectivity index (χ0v) is 24.4. The van der Waals surface area contributed by atoms with Crippen LogP contribution in [0.1, 0.15) is 51.8 Å². The van der Waals surface area contributed by atoms with Crippen LogP contribution in [0.3, 0.4) is 0 Å². The molecule has 232 valence electrons. The minimum atomic E-state index is -1.06. The van der Waals surface area contributed by atoms with Gasteiger partial charge in [-0.15, -0.1) is 0 Å². The molecule has 0 bridgehead atoms. The molecule has 2 aromatic heterocycles. The average molecular weight is 625 g/mol. The number of carbonyl (C=O) groups is 1. The first-order valence-electron chi connectivity index (χ1n) is 14.9. The van der Waals surface area contributed by atoms with Gasteiger partial charge in [0.15, 0.2) is 0 Å². The normalized spacial score (nSPS) is 17.7. The first-order valence-corrected chi connectivity index (χ1v) is 14.9. The van der Waals surface area contributed by atoms with Gasteiger partial charge in [-0.25, -0.2) is 27.9 Å². The maximum absolute atomic E-state index is 15.7. The van der Waals surface area contributed by atoms with Crippen LogP contribution in [0.5, 0.6) is 5.88 Å². The number of benzene rings is 3. The summed E-state index contributed by atoms with van der Waals surface area (Å²) in [5.74, 6) is -1.71. The molecule has 3 heterocycles. The van der Waals surface area contributed by atoms with E-state index in [9.17, 15) is 14.3 Å². The lowest BCUT2D eigenvalue weighted by Gasteiger charge is -2.22. The van der Waals surface area contributed by atoms with Crippen molar-refractivity contribution in [3.05, 3.63) is 112 Å². The molecule has 0 amide bonds. The minimum absolute atomic E-state index is 0.0270. The molecule has 2 aliphatic rings. The third kappa shape index (κ3) is 5.68. The van der Waals surface area contributed by atoms with Crippen molar-refractivity contribution in [2.45, 2.75) is 31.9 Å². The fourth-order valence-corrected chi connectivity index (χ4v) is 6.19. The number of hydrogen-bond donors (Lipinski definition) is 1. The predicted molar refractivity (Wildman–Crippen MR) is 161 cm³/mol. The van der Waals surface area contributed by atoms with Gasteiger partial charge in [-0.05, 0) is 72.9 Å². The molecule has 2 fully saturated rings. The maximum Gasteiger partial charge on any atom is 0.335 e. The van der Waals surface area contributed by atoms with Gasteiger partial charge in [0.1, 0.15) is 29.9 Å². The Kier molecular flexibility index (Phi) is 7.66. The van der Waals surface area contributed by atoms with Crippen LogP contribution in [0.25, 0.3) is 22.3 Å². The average Bonchev–Trinajstić information content (AvgIpc) is 3.67. The van der Waals surface area contributed by atoms with Gasteiger partial charge >= 0.3 is 5.97 Å². The summed E-state index contributed by atoms with van der Waals surface area (Å²) >= 11 is 0. The topological polar surface area (TPSA) is 110 Å². The summed E-state index contributed by atoms with van der Waals surface area (Å²) in [6, 6.07) is 17.3. The molecule has 46 heavy (non-hydrogen) atoms. The molecule has 1 saturated carbocycles. The van der Waals surface area contributed by atoms with E-state index in [1.807, 2.05) is 10.6 Å². The summed E-state index contributed by atoms with van der Waals surface area (Å²) in [4.78, 5) is 20.8. The highest BCUT2D eigenvalue weighted by molar-refractivity contribution is 5.92. The van der Waals surface area contributed by atoms with Crippen molar-refractivity contribution in [1.82, 2.24) is 14.5 Å². The highest BCUT2D eigenvalue weighted by atomic mass is 19.1. The number of aromatic nitrogens is 3. The van der Waals surface area contributed by atoms with Crippen LogP contribution >= 0.6 is 0 Å². The van der Waals surface area contributed by atoms with Crippen molar-refractivity contribution < 1.29 is 32.5 Å². The molecule has 11 heteroatoms. The third-order valence-electron chi connectivity index (χ3n) is 8.70. The fraction of sp³-hybridized carbons (Fsp3) is 0.257. The van der Waals surface area contributed by atoms with Gasteiger partial charge < -0.3 is 19.1 Å². The van der Waals surface area contributed by atoms with Gasteiger partial charge in [0, 0.05) is 29.5 Å². The van der Waals surface area contributed by atoms with E-state index in [1.54, 1.807) is 18.2 Å². The zero-order chi connectivity index (χ0) is 31.9. The highest BCUT2D eigenvalue weighted by Gasteiger charge is 2.42. The van der Waals surface area contributed by atoms with Crippen LogP contribution in [0.4, 0.5) is 13.2 Å². The van der Waals surface area contributed by atoms with Crippen LogP contribution in [0.15, 0.2) is 66.7 Å². The van der Waals surface area contributed by atoms with Gasteiger partial charge in [-0.2, -0.15) is 5.26 Å². The molecule has 2 atom stereocenters. The van der Waals surface area contributed by atoms with E-state index in [0.29, 0.717) is 36.0 Å². The summed E-state index contributed by atoms with van der Waals surface area (Å²) in [6.45, 7) is 0.837. The number of aromatic carboxylic acids is 1. The van der Waals surface area contributed by atoms with Crippen LogP contribution < -0.4 is 4.74 Å². The van der Waals surface area contributed by atoms with Crippen molar-refractivity contribution in [2.75, 3.05) is 13.2 Å². The summed E-state index contributed by atoms with van der Waals surface area (Å²) in [5, 5.41) is 18.6. The smallest absolute Gasteiger partial charge is 0.335 e. The number of halogens is 3. The number of fused-ring (bicyclic) bond motifs is 1. The Balaban J connectivity index is 1.18. The second kappa shape index (κ2) is 11.9. The Morgan fingerprint density at radius 1 is 0.978 bits per heavy atom. The van der Waals surface area contributed by atoms with E-state index in [-0.39, 0.29) is 64.4 Å². The Bertz CT molecular complexity index is 2030. The number of imidazole rings is 1. The second-order valence-electron chi connectivity index (χ2n) is 11.7. The molecule has 5 aromatic rings. The lowest BCUT2D eigenvalue weighted by atomic mass is 9.97. The molecule has 1 saturated heterocycles. The lowest BCUT2D eigenvalue weighted by Crippen LogP contribution is -2.22. The van der Waals surface area contributed by atoms with E-state index >= 15 is 8.78 Å². The molecule has 7 rings (SSSR count). The molecule has 0 radical (unpaired) electrons. The largest absolute Gasteiger partial charge is 0.478 e. The SMILES string of the molecule is N#Cc1ccc(COc2cccc(-c3cc(F)c(Cc4nc5ccc(C(=O)O)cc5n4C4COCC4C4CC4)cc3F)n2)c(F)c1. The Labute approximate surface area is 261 Å². The van der Waals surface area contributed by atoms with Crippen molar-refractivity contribution >= 4 is 17.0 Å². The number of carboxylic acids is 1. The van der Waals surface area contributed by atoms with Gasteiger partial charge in [-0.1, -0.05) is 12.1 Å². The minimum Gasteiger partial charge on any atom is -0.478 e. The van der Waals surface area contributed by atoms with Crippen molar-refractivity contribution in [3.63, 3.8) is 0 Å². The standard InChI is InChI=1S/C35H27F3N4O4/c36-26-10-19(15-39)4-5-22(26)16-46-34-3-1-2-29(41-34)24-14-27(37)23(11-28(24)38)13-33-40-30-9-8-21(35(43)44)12-31(30)42(33)32-18-45-17-25(32)20-6-7-20/h1-5,8-12,14,20,25,32H,6-7,13,16-18H2,(H,43,44). The van der Waals surface area contributed by atoms with E-state index in [4.69, 9.17) is 19.7 Å². The van der Waals surface area contributed by atoms with Crippen LogP contribution in [-0.4, -0.2) is 38.8 Å². The van der Waals surface area contributed by atoms with E-state index in [0.717, 1.165) is 31.0 Å². The van der Waals surface area contributed by atoms with Gasteiger partial charge in [-0.3, -0.25) is 0 Å². The summed E-state index contributed by atoms with van der Waals surface area (Å²) in [6.07, 6.45) is 2.17. The monoisotopic (exact) mass is 624 g/mol. The van der Waals surface area contributed by atoms with Crippen LogP contribution in [0.2, 0.25) is 0 Å². The molecular formula is C35H27F3N4O4. The molecule has 2 unspecified atom stereocenters. The van der Waals surface area contributed by atoms with Crippen molar-refractivity contribution in [1.29, 1.82) is 5.26 Å². The number of nitrogens with zero attached hydrogens (tertiary/aromatic N) is 4. The van der Waals surface area contributed by atoms with Gasteiger partial charge in [0.25, 0.3) is 0 Å². The van der Waals surface area contributed by atoms with Crippen LogP contribution in [0, 0.1) is 40.6 Å². The molecule has 0 spiro atoms. The number of nitriles is 1. The Morgan fingerprint density at radius 3 is 2.57 bits per heavy atom. The molecule has 3 aromatic carbocycles. The van der Waals surface area contributed by atoms with Crippen molar-refractivity contribution in [3.8, 4) is 23.2 Å². The lowest BCUT2D eigenvalue weighted by molar-refractivity contribution is 0.0697. The summed E-state index contributed by atoms with van der Waals surface area (Å²) in [7, 11) is 0. The number of carboxylic acid groups (broad SMARTS) is 1. The molecular weight excluding hydrogens is 597 g/mol. The molecule has 1 aliphatic carbocycles. The molecule has 1 aliphatic heterocycles. The summed E-state index contributed by atoms with van der Waals surface area (Å²) in [5.41, 5.74) is 1.84. The number of pyridine rings is 1. The number of rotatable bonds is 9. The van der Waals surface area contributed by atoms with E-state index in [1.165, 1.54) is 30.3 Å². The first kappa shape index (κ1) is 29.5. The van der Waals surface area contributed by atoms with E-state index in [2.05, 4.69) is 4.98 Å². The third-order valence-corrected chi connectivity index (χ3v) is 8.70. The zero-order valence-electron chi connectivity index (χ0n) is 24.4. The fourth-order valence-electron chi connectivity index (χ4n) is 6.19. The number of hydrogen-bond acceptors (Lipinski definition) is 6. The number of ether oxygens (including phenoxy) is 2. The van der Waals surface area contributed by atoms with Crippen molar-refractivity contribution in [2.24, 2.45) is 11.8 Å². The summed E-state index contributed by atoms with van der Waals surface area (Å²) < 4.78 is 59.0. The first-order chi connectivity index (χ1) is 22.3. The molecule has 8 nitrogen and oxygen atoms in total. The van der Waals surface area contributed by atoms with Gasteiger partial charge in [0.05, 0.1) is 53.2 Å². The van der Waals surface area contributed by atoms with Crippen LogP contribution in [-0.2, 0) is 17.8 Å². The predicted octanol–water partition coefficient (Wildman–Crippen LogP) is 6.85.